The summed E-state index contributed by atoms with van der Waals surface area (Å²) in [4.78, 5) is 11.3. The van der Waals surface area contributed by atoms with Crippen LogP contribution < -0.4 is 0 Å². The number of para-hydroxylation sites is 1. The Kier molecular flexibility index (Phi) is 3.21. The van der Waals surface area contributed by atoms with Gasteiger partial charge < -0.3 is 5.11 Å². The first-order chi connectivity index (χ1) is 8.44. The number of aliphatic carboxylic acids is 1. The van der Waals surface area contributed by atoms with Crippen LogP contribution in [-0.4, -0.2) is 26.1 Å². The maximum Gasteiger partial charge on any atom is 0.315 e. The van der Waals surface area contributed by atoms with Crippen molar-refractivity contribution in [3.8, 4) is 5.69 Å². The first kappa shape index (κ1) is 12.8. The normalized spacial score (nSPS) is 11.5. The van der Waals surface area contributed by atoms with Gasteiger partial charge in [0.15, 0.2) is 0 Å². The fraction of sp³-hybridized carbons (Fsp3) is 0.250. The topological polar surface area (TPSA) is 68.0 Å². The van der Waals surface area contributed by atoms with E-state index in [1.165, 1.54) is 10.9 Å². The van der Waals surface area contributed by atoms with Crippen molar-refractivity contribution in [2.75, 3.05) is 0 Å². The van der Waals surface area contributed by atoms with E-state index in [4.69, 9.17) is 0 Å². The highest BCUT2D eigenvalue weighted by molar-refractivity contribution is 9.10. The van der Waals surface area contributed by atoms with E-state index >= 15 is 0 Å². The molecule has 94 valence electrons. The third kappa shape index (κ3) is 2.03. The van der Waals surface area contributed by atoms with Gasteiger partial charge in [0, 0.05) is 4.47 Å². The summed E-state index contributed by atoms with van der Waals surface area (Å²) in [6, 6.07) is 7.46. The highest BCUT2D eigenvalue weighted by Gasteiger charge is 2.34. The van der Waals surface area contributed by atoms with Crippen LogP contribution in [0.4, 0.5) is 0 Å². The van der Waals surface area contributed by atoms with E-state index in [1.807, 2.05) is 24.3 Å². The summed E-state index contributed by atoms with van der Waals surface area (Å²) in [7, 11) is 0. The molecule has 1 heterocycles. The number of carboxylic acids is 1. The lowest BCUT2D eigenvalue weighted by Crippen LogP contribution is -2.31. The Morgan fingerprint density at radius 3 is 2.67 bits per heavy atom. The van der Waals surface area contributed by atoms with Crippen LogP contribution in [-0.2, 0) is 10.2 Å². The Bertz CT molecular complexity index is 593. The zero-order valence-corrected chi connectivity index (χ0v) is 11.5. The lowest BCUT2D eigenvalue weighted by molar-refractivity contribution is -0.142. The number of nitrogens with zero attached hydrogens (tertiary/aromatic N) is 3. The van der Waals surface area contributed by atoms with Crippen molar-refractivity contribution >= 4 is 21.9 Å². The molecule has 0 saturated carbocycles. The Hall–Kier alpha value is -1.69. The van der Waals surface area contributed by atoms with Crippen molar-refractivity contribution in [1.82, 2.24) is 15.0 Å². The summed E-state index contributed by atoms with van der Waals surface area (Å²) >= 11 is 3.42. The molecular weight excluding hydrogens is 298 g/mol. The summed E-state index contributed by atoms with van der Waals surface area (Å²) in [5, 5.41) is 17.1. The van der Waals surface area contributed by atoms with E-state index in [9.17, 15) is 9.90 Å². The zero-order valence-electron chi connectivity index (χ0n) is 9.96. The van der Waals surface area contributed by atoms with Gasteiger partial charge in [-0.1, -0.05) is 17.3 Å². The highest BCUT2D eigenvalue weighted by atomic mass is 79.9. The zero-order chi connectivity index (χ0) is 13.3. The van der Waals surface area contributed by atoms with Crippen LogP contribution in [0.1, 0.15) is 19.5 Å². The monoisotopic (exact) mass is 309 g/mol. The minimum atomic E-state index is -1.06. The second kappa shape index (κ2) is 4.53. The van der Waals surface area contributed by atoms with Gasteiger partial charge in [-0.05, 0) is 41.9 Å². The van der Waals surface area contributed by atoms with Gasteiger partial charge in [0.25, 0.3) is 0 Å². The standard InChI is InChI=1S/C12H12BrN3O2/c1-12(2,11(17)18)10-7-14-15-16(10)9-6-4-3-5-8(9)13/h3-7H,1-2H3,(H,17,18). The minimum absolute atomic E-state index is 0.530. The smallest absolute Gasteiger partial charge is 0.315 e. The van der Waals surface area contributed by atoms with Crippen molar-refractivity contribution in [3.63, 3.8) is 0 Å². The minimum Gasteiger partial charge on any atom is -0.481 e. The van der Waals surface area contributed by atoms with Crippen molar-refractivity contribution in [2.45, 2.75) is 19.3 Å². The van der Waals surface area contributed by atoms with Gasteiger partial charge in [0.2, 0.25) is 0 Å². The molecule has 0 bridgehead atoms. The van der Waals surface area contributed by atoms with E-state index < -0.39 is 11.4 Å². The SMILES string of the molecule is CC(C)(C(=O)O)c1cnnn1-c1ccccc1Br. The van der Waals surface area contributed by atoms with Crippen molar-refractivity contribution < 1.29 is 9.90 Å². The van der Waals surface area contributed by atoms with Crippen LogP contribution >= 0.6 is 15.9 Å². The fourth-order valence-corrected chi connectivity index (χ4v) is 2.02. The number of carbonyl (C=O) groups is 1. The molecule has 0 unspecified atom stereocenters. The lowest BCUT2D eigenvalue weighted by Gasteiger charge is -2.20. The summed E-state index contributed by atoms with van der Waals surface area (Å²) < 4.78 is 2.37. The van der Waals surface area contributed by atoms with Crippen molar-refractivity contribution in [2.24, 2.45) is 0 Å². The van der Waals surface area contributed by atoms with E-state index in [-0.39, 0.29) is 0 Å². The first-order valence-electron chi connectivity index (χ1n) is 5.34. The molecule has 0 atom stereocenters. The highest BCUT2D eigenvalue weighted by Crippen LogP contribution is 2.27. The molecule has 1 aromatic carbocycles. The molecule has 1 N–H and O–H groups in total. The molecular formula is C12H12BrN3O2. The number of hydrogen-bond acceptors (Lipinski definition) is 3. The summed E-state index contributed by atoms with van der Waals surface area (Å²) in [6.07, 6.45) is 1.48. The van der Waals surface area contributed by atoms with Gasteiger partial charge in [0.05, 0.1) is 17.6 Å². The second-order valence-corrected chi connectivity index (χ2v) is 5.27. The van der Waals surface area contributed by atoms with Gasteiger partial charge in [-0.15, -0.1) is 5.10 Å². The average Bonchev–Trinajstić information content (AvgIpc) is 2.78. The Morgan fingerprint density at radius 1 is 1.39 bits per heavy atom. The van der Waals surface area contributed by atoms with Crippen LogP contribution in [0.5, 0.6) is 0 Å². The number of carboxylic acid groups (broad SMARTS) is 1. The number of aromatic nitrogens is 3. The maximum absolute atomic E-state index is 11.3. The third-order valence-corrected chi connectivity index (χ3v) is 3.48. The number of rotatable bonds is 3. The van der Waals surface area contributed by atoms with E-state index in [0.717, 1.165) is 10.2 Å². The van der Waals surface area contributed by atoms with E-state index in [0.29, 0.717) is 5.69 Å². The molecule has 2 aromatic rings. The Balaban J connectivity index is 2.60. The molecule has 0 saturated heterocycles. The fourth-order valence-electron chi connectivity index (χ4n) is 1.57. The summed E-state index contributed by atoms with van der Waals surface area (Å²) in [6.45, 7) is 3.25. The lowest BCUT2D eigenvalue weighted by atomic mass is 9.90. The van der Waals surface area contributed by atoms with E-state index in [2.05, 4.69) is 26.2 Å². The molecule has 18 heavy (non-hydrogen) atoms. The van der Waals surface area contributed by atoms with Crippen LogP contribution in [0.15, 0.2) is 34.9 Å². The van der Waals surface area contributed by atoms with Gasteiger partial charge in [-0.25, -0.2) is 4.68 Å². The second-order valence-electron chi connectivity index (χ2n) is 4.41. The van der Waals surface area contributed by atoms with Crippen LogP contribution in [0, 0.1) is 0 Å². The first-order valence-corrected chi connectivity index (χ1v) is 6.13. The van der Waals surface area contributed by atoms with Crippen LogP contribution in [0.3, 0.4) is 0 Å². The molecule has 0 amide bonds. The number of benzene rings is 1. The van der Waals surface area contributed by atoms with Gasteiger partial charge in [0.1, 0.15) is 5.41 Å². The predicted octanol–water partition coefficient (Wildman–Crippen LogP) is 2.39. The predicted molar refractivity (Wildman–Crippen MR) is 69.7 cm³/mol. The summed E-state index contributed by atoms with van der Waals surface area (Å²) in [5.41, 5.74) is 0.236. The molecule has 6 heteroatoms. The summed E-state index contributed by atoms with van der Waals surface area (Å²) in [5.74, 6) is -0.918. The van der Waals surface area contributed by atoms with Crippen molar-refractivity contribution in [1.29, 1.82) is 0 Å². The molecule has 2 rings (SSSR count). The molecule has 0 aliphatic carbocycles. The largest absolute Gasteiger partial charge is 0.481 e. The molecule has 0 fully saturated rings. The van der Waals surface area contributed by atoms with E-state index in [1.54, 1.807) is 13.8 Å². The van der Waals surface area contributed by atoms with Gasteiger partial charge in [-0.2, -0.15) is 0 Å². The quantitative estimate of drug-likeness (QED) is 0.945. The Labute approximate surface area is 113 Å². The maximum atomic E-state index is 11.3. The number of hydrogen-bond donors (Lipinski definition) is 1. The van der Waals surface area contributed by atoms with Crippen molar-refractivity contribution in [3.05, 3.63) is 40.6 Å². The third-order valence-electron chi connectivity index (χ3n) is 2.80. The van der Waals surface area contributed by atoms with Crippen LogP contribution in [0.25, 0.3) is 5.69 Å². The molecule has 0 spiro atoms. The number of halogens is 1. The molecule has 0 aliphatic heterocycles. The van der Waals surface area contributed by atoms with Crippen LogP contribution in [0.2, 0.25) is 0 Å². The molecule has 0 aliphatic rings. The Morgan fingerprint density at radius 2 is 2.06 bits per heavy atom. The van der Waals surface area contributed by atoms with Gasteiger partial charge >= 0.3 is 5.97 Å². The van der Waals surface area contributed by atoms with Gasteiger partial charge in [-0.3, -0.25) is 4.79 Å². The molecule has 1 aromatic heterocycles. The molecule has 5 nitrogen and oxygen atoms in total. The average molecular weight is 310 g/mol. The molecule has 0 radical (unpaired) electrons.